The molecular formula is C21H32O6. The van der Waals surface area contributed by atoms with E-state index in [1.807, 2.05) is 6.92 Å². The van der Waals surface area contributed by atoms with Gasteiger partial charge in [-0.15, -0.1) is 0 Å². The molecule has 0 aromatic rings. The average Bonchev–Trinajstić information content (AvgIpc) is 2.50. The maximum Gasteiger partial charge on any atom is 0.195 e. The summed E-state index contributed by atoms with van der Waals surface area (Å²) < 4.78 is 18.9. The molecule has 6 nitrogen and oxygen atoms in total. The Bertz CT molecular complexity index is 726. The molecule has 0 amide bonds. The van der Waals surface area contributed by atoms with Gasteiger partial charge >= 0.3 is 0 Å². The molecule has 2 aliphatic heterocycles. The minimum Gasteiger partial charge on any atom is -0.486 e. The summed E-state index contributed by atoms with van der Waals surface area (Å²) in [5, 5.41) is 22.5. The van der Waals surface area contributed by atoms with Gasteiger partial charge < -0.3 is 24.4 Å². The largest absolute Gasteiger partial charge is 0.486 e. The fraction of sp³-hybridized carbons (Fsp3) is 0.857. The smallest absolute Gasteiger partial charge is 0.195 e. The molecule has 2 aliphatic carbocycles. The number of hydrogen-bond acceptors (Lipinski definition) is 6. The van der Waals surface area contributed by atoms with E-state index in [2.05, 4.69) is 13.8 Å². The molecule has 1 saturated heterocycles. The van der Waals surface area contributed by atoms with E-state index in [9.17, 15) is 15.0 Å². The molecule has 6 heteroatoms. The Kier molecular flexibility index (Phi) is 3.69. The summed E-state index contributed by atoms with van der Waals surface area (Å²) in [5.41, 5.74) is -4.02. The first kappa shape index (κ1) is 19.4. The molecule has 4 aliphatic rings. The van der Waals surface area contributed by atoms with Crippen LogP contribution in [-0.2, 0) is 19.0 Å². The summed E-state index contributed by atoms with van der Waals surface area (Å²) in [6, 6.07) is 0. The van der Waals surface area contributed by atoms with Gasteiger partial charge in [0.25, 0.3) is 0 Å². The minimum atomic E-state index is -1.45. The average molecular weight is 380 g/mol. The van der Waals surface area contributed by atoms with Crippen LogP contribution in [0.2, 0.25) is 0 Å². The van der Waals surface area contributed by atoms with Crippen LogP contribution in [0.15, 0.2) is 11.8 Å². The van der Waals surface area contributed by atoms with Crippen LogP contribution in [0.1, 0.15) is 61.3 Å². The monoisotopic (exact) mass is 380 g/mol. The number of ether oxygens (including phenoxy) is 3. The summed E-state index contributed by atoms with van der Waals surface area (Å²) >= 11 is 0. The molecule has 152 valence electrons. The molecule has 0 unspecified atom stereocenters. The Balaban J connectivity index is 2.07. The highest BCUT2D eigenvalue weighted by Gasteiger charge is 2.83. The zero-order valence-corrected chi connectivity index (χ0v) is 17.3. The third-order valence-corrected chi connectivity index (χ3v) is 7.77. The van der Waals surface area contributed by atoms with Gasteiger partial charge in [0.1, 0.15) is 6.10 Å². The fourth-order valence-corrected chi connectivity index (χ4v) is 6.96. The van der Waals surface area contributed by atoms with Gasteiger partial charge in [-0.25, -0.2) is 0 Å². The molecule has 0 radical (unpaired) electrons. The van der Waals surface area contributed by atoms with Crippen molar-refractivity contribution in [2.75, 3.05) is 0 Å². The van der Waals surface area contributed by atoms with E-state index >= 15 is 0 Å². The van der Waals surface area contributed by atoms with Crippen molar-refractivity contribution in [3.05, 3.63) is 11.8 Å². The minimum absolute atomic E-state index is 0.216. The maximum atomic E-state index is 13.7. The number of aliphatic hydroxyl groups is 2. The van der Waals surface area contributed by atoms with Crippen LogP contribution in [0, 0.1) is 16.7 Å². The first-order chi connectivity index (χ1) is 12.2. The summed E-state index contributed by atoms with van der Waals surface area (Å²) in [7, 11) is 0. The number of aliphatic hydroxyl groups excluding tert-OH is 2. The van der Waals surface area contributed by atoms with Crippen molar-refractivity contribution >= 4 is 5.78 Å². The van der Waals surface area contributed by atoms with Gasteiger partial charge in [-0.1, -0.05) is 20.8 Å². The summed E-state index contributed by atoms with van der Waals surface area (Å²) in [6.45, 7) is 13.1. The highest BCUT2D eigenvalue weighted by Crippen LogP contribution is 2.69. The first-order valence-corrected chi connectivity index (χ1v) is 9.89. The fourth-order valence-electron chi connectivity index (χ4n) is 6.96. The Morgan fingerprint density at radius 3 is 2.37 bits per heavy atom. The summed E-state index contributed by atoms with van der Waals surface area (Å²) in [4.78, 5) is 13.7. The third kappa shape index (κ3) is 2.03. The molecule has 2 heterocycles. The van der Waals surface area contributed by atoms with Crippen molar-refractivity contribution in [2.24, 2.45) is 16.7 Å². The molecule has 2 saturated carbocycles. The van der Waals surface area contributed by atoms with Gasteiger partial charge in [0.15, 0.2) is 22.8 Å². The highest BCUT2D eigenvalue weighted by molar-refractivity contribution is 6.01. The van der Waals surface area contributed by atoms with Gasteiger partial charge in [0.05, 0.1) is 18.0 Å². The summed E-state index contributed by atoms with van der Waals surface area (Å²) in [6.07, 6.45) is 0.431. The van der Waals surface area contributed by atoms with Crippen molar-refractivity contribution in [2.45, 2.75) is 96.6 Å². The van der Waals surface area contributed by atoms with Crippen LogP contribution in [0.3, 0.4) is 0 Å². The van der Waals surface area contributed by atoms with Crippen molar-refractivity contribution in [3.63, 3.8) is 0 Å². The number of hydrogen-bond donors (Lipinski definition) is 2. The zero-order valence-electron chi connectivity index (χ0n) is 17.3. The number of rotatable bonds is 0. The maximum absolute atomic E-state index is 13.7. The standard InChI is InChI=1S/C21H32O6/c1-11-10-12(22)21-19(6)13(26-18(4,5)27-21)8-9-17(2,3)15(19)14(23)16(24)20(21,7)25-11/h10,13-16,23-24H,8-9H2,1-7H3/t13-,14-,15-,16-,19-,20+,21-/m0/s1. The quantitative estimate of drug-likeness (QED) is 0.671. The number of ketones is 1. The molecule has 0 bridgehead atoms. The van der Waals surface area contributed by atoms with Crippen LogP contribution in [0.25, 0.3) is 0 Å². The van der Waals surface area contributed by atoms with Crippen molar-refractivity contribution in [3.8, 4) is 0 Å². The van der Waals surface area contributed by atoms with Crippen molar-refractivity contribution in [1.29, 1.82) is 0 Å². The van der Waals surface area contributed by atoms with Crippen LogP contribution in [0.5, 0.6) is 0 Å². The molecule has 7 atom stereocenters. The molecule has 0 aromatic carbocycles. The normalized spacial score (nSPS) is 52.9. The number of allylic oxidation sites excluding steroid dienone is 1. The molecule has 3 fully saturated rings. The lowest BCUT2D eigenvalue weighted by Crippen LogP contribution is -2.88. The second-order valence-corrected chi connectivity index (χ2v) is 10.3. The van der Waals surface area contributed by atoms with Crippen LogP contribution in [-0.4, -0.2) is 51.3 Å². The van der Waals surface area contributed by atoms with E-state index in [0.29, 0.717) is 5.76 Å². The van der Waals surface area contributed by atoms with E-state index < -0.39 is 34.6 Å². The summed E-state index contributed by atoms with van der Waals surface area (Å²) in [5.74, 6) is -1.20. The van der Waals surface area contributed by atoms with E-state index in [4.69, 9.17) is 14.2 Å². The molecule has 27 heavy (non-hydrogen) atoms. The molecule has 2 N–H and O–H groups in total. The Hall–Kier alpha value is -0.950. The Morgan fingerprint density at radius 2 is 1.74 bits per heavy atom. The number of carbonyl (C=O) groups is 1. The van der Waals surface area contributed by atoms with Gasteiger partial charge in [-0.3, -0.25) is 4.79 Å². The van der Waals surface area contributed by atoms with Crippen LogP contribution < -0.4 is 0 Å². The molecular weight excluding hydrogens is 348 g/mol. The van der Waals surface area contributed by atoms with Crippen LogP contribution in [0.4, 0.5) is 0 Å². The number of carbonyl (C=O) groups excluding carboxylic acids is 1. The molecule has 0 aromatic heterocycles. The van der Waals surface area contributed by atoms with Gasteiger partial charge in [-0.2, -0.15) is 0 Å². The van der Waals surface area contributed by atoms with Crippen LogP contribution >= 0.6 is 0 Å². The third-order valence-electron chi connectivity index (χ3n) is 7.77. The topological polar surface area (TPSA) is 85.2 Å². The lowest BCUT2D eigenvalue weighted by Gasteiger charge is -2.74. The van der Waals surface area contributed by atoms with Crippen molar-refractivity contribution < 1.29 is 29.2 Å². The van der Waals surface area contributed by atoms with Gasteiger partial charge in [0.2, 0.25) is 0 Å². The van der Waals surface area contributed by atoms with Gasteiger partial charge in [0, 0.05) is 17.4 Å². The van der Waals surface area contributed by atoms with Gasteiger partial charge in [-0.05, 0) is 46.0 Å². The SMILES string of the molecule is CC1=CC(=O)[C@@]23OC(C)(C)O[C@H]4CCC(C)(C)[C@H]([C@H](O)[C@H](O)[C@@]2(C)O1)[C@]43C. The first-order valence-electron chi connectivity index (χ1n) is 9.89. The van der Waals surface area contributed by atoms with E-state index in [1.165, 1.54) is 6.08 Å². The zero-order chi connectivity index (χ0) is 20.2. The van der Waals surface area contributed by atoms with Crippen molar-refractivity contribution in [1.82, 2.24) is 0 Å². The van der Waals surface area contributed by atoms with E-state index in [-0.39, 0.29) is 23.2 Å². The predicted octanol–water partition coefficient (Wildman–Crippen LogP) is 2.32. The Morgan fingerprint density at radius 1 is 1.11 bits per heavy atom. The Labute approximate surface area is 160 Å². The second kappa shape index (κ2) is 5.15. The predicted molar refractivity (Wildman–Crippen MR) is 97.6 cm³/mol. The van der Waals surface area contributed by atoms with E-state index in [1.54, 1.807) is 27.7 Å². The molecule has 1 spiro atoms. The lowest BCUT2D eigenvalue weighted by atomic mass is 9.40. The molecule has 4 rings (SSSR count). The lowest BCUT2D eigenvalue weighted by molar-refractivity contribution is -0.450. The highest BCUT2D eigenvalue weighted by atomic mass is 16.7. The van der Waals surface area contributed by atoms with E-state index in [0.717, 1.165) is 12.8 Å². The second-order valence-electron chi connectivity index (χ2n) is 10.3.